The third-order valence-corrected chi connectivity index (χ3v) is 3.57. The minimum atomic E-state index is 0.710. The average Bonchev–Trinajstić information content (AvgIpc) is 2.94. The summed E-state index contributed by atoms with van der Waals surface area (Å²) in [5, 5.41) is 3.48. The van der Waals surface area contributed by atoms with Crippen LogP contribution in [0.5, 0.6) is 0 Å². The highest BCUT2D eigenvalue weighted by Crippen LogP contribution is 2.35. The molecule has 0 saturated heterocycles. The molecule has 1 heterocycles. The summed E-state index contributed by atoms with van der Waals surface area (Å²) < 4.78 is 0. The maximum atomic E-state index is 4.68. The lowest BCUT2D eigenvalue weighted by Gasteiger charge is -2.25. The van der Waals surface area contributed by atoms with Crippen molar-refractivity contribution < 1.29 is 0 Å². The van der Waals surface area contributed by atoms with Crippen molar-refractivity contribution in [3.05, 3.63) is 23.3 Å². The third-order valence-electron chi connectivity index (χ3n) is 3.57. The van der Waals surface area contributed by atoms with Gasteiger partial charge in [-0.05, 0) is 38.7 Å². The second-order valence-corrected chi connectivity index (χ2v) is 5.13. The van der Waals surface area contributed by atoms with Crippen LogP contribution in [0.25, 0.3) is 0 Å². The van der Waals surface area contributed by atoms with Crippen LogP contribution in [0.1, 0.15) is 55.2 Å². The number of nitrogens with zero attached hydrogens (tertiary/aromatic N) is 2. The molecule has 16 heavy (non-hydrogen) atoms. The van der Waals surface area contributed by atoms with Crippen LogP contribution >= 0.6 is 0 Å². The van der Waals surface area contributed by atoms with E-state index in [9.17, 15) is 0 Å². The van der Waals surface area contributed by atoms with Crippen LogP contribution in [0, 0.1) is 6.92 Å². The van der Waals surface area contributed by atoms with Gasteiger partial charge in [0.25, 0.3) is 0 Å². The molecule has 0 unspecified atom stereocenters. The lowest BCUT2D eigenvalue weighted by atomic mass is 9.82. The number of aryl methyl sites for hydroxylation is 1. The molecule has 2 aliphatic carbocycles. The molecule has 1 aromatic rings. The van der Waals surface area contributed by atoms with E-state index in [1.807, 2.05) is 0 Å². The Labute approximate surface area is 96.7 Å². The van der Waals surface area contributed by atoms with Crippen molar-refractivity contribution in [2.45, 2.75) is 57.5 Å². The number of hydrogen-bond donors (Lipinski definition) is 1. The molecule has 0 spiro atoms. The van der Waals surface area contributed by atoms with Crippen molar-refractivity contribution in [1.82, 2.24) is 15.3 Å². The highest BCUT2D eigenvalue weighted by molar-refractivity contribution is 5.16. The summed E-state index contributed by atoms with van der Waals surface area (Å²) in [7, 11) is 0. The molecule has 2 saturated carbocycles. The Kier molecular flexibility index (Phi) is 2.64. The fraction of sp³-hybridized carbons (Fsp3) is 0.692. The van der Waals surface area contributed by atoms with E-state index in [0.29, 0.717) is 5.92 Å². The van der Waals surface area contributed by atoms with Crippen molar-refractivity contribution in [1.29, 1.82) is 0 Å². The first-order valence-electron chi connectivity index (χ1n) is 6.39. The van der Waals surface area contributed by atoms with E-state index >= 15 is 0 Å². The number of nitrogens with one attached hydrogen (secondary N) is 1. The van der Waals surface area contributed by atoms with Gasteiger partial charge >= 0.3 is 0 Å². The van der Waals surface area contributed by atoms with Gasteiger partial charge in [-0.2, -0.15) is 0 Å². The third kappa shape index (κ3) is 2.24. The minimum Gasteiger partial charge on any atom is -0.307 e. The summed E-state index contributed by atoms with van der Waals surface area (Å²) in [5.41, 5.74) is 2.39. The first-order chi connectivity index (χ1) is 7.81. The van der Waals surface area contributed by atoms with E-state index in [0.717, 1.165) is 24.1 Å². The zero-order valence-corrected chi connectivity index (χ0v) is 9.87. The Morgan fingerprint density at radius 2 is 2.06 bits per heavy atom. The molecule has 3 nitrogen and oxygen atoms in total. The fourth-order valence-electron chi connectivity index (χ4n) is 2.17. The zero-order valence-electron chi connectivity index (χ0n) is 9.87. The molecule has 0 bridgehead atoms. The van der Waals surface area contributed by atoms with Crippen molar-refractivity contribution in [3.63, 3.8) is 0 Å². The zero-order chi connectivity index (χ0) is 11.0. The lowest BCUT2D eigenvalue weighted by molar-refractivity contribution is 0.408. The summed E-state index contributed by atoms with van der Waals surface area (Å²) in [6, 6.07) is 2.89. The van der Waals surface area contributed by atoms with Gasteiger partial charge in [-0.25, -0.2) is 9.97 Å². The van der Waals surface area contributed by atoms with Gasteiger partial charge in [0.15, 0.2) is 0 Å². The highest BCUT2D eigenvalue weighted by atomic mass is 15.0. The Balaban J connectivity index is 1.72. The van der Waals surface area contributed by atoms with Crippen LogP contribution < -0.4 is 5.32 Å². The normalized spacial score (nSPS) is 20.8. The molecule has 0 amide bonds. The maximum absolute atomic E-state index is 4.68. The molecule has 1 N–H and O–H groups in total. The van der Waals surface area contributed by atoms with E-state index in [1.54, 1.807) is 0 Å². The van der Waals surface area contributed by atoms with Gasteiger partial charge in [-0.3, -0.25) is 0 Å². The second-order valence-electron chi connectivity index (χ2n) is 5.13. The molecule has 0 aliphatic heterocycles. The van der Waals surface area contributed by atoms with E-state index in [4.69, 9.17) is 0 Å². The van der Waals surface area contributed by atoms with Crippen molar-refractivity contribution in [2.75, 3.05) is 0 Å². The summed E-state index contributed by atoms with van der Waals surface area (Å²) in [5.74, 6) is 1.69. The lowest BCUT2D eigenvalue weighted by Crippen LogP contribution is -2.19. The predicted molar refractivity (Wildman–Crippen MR) is 63.2 cm³/mol. The predicted octanol–water partition coefficient (Wildman–Crippen LogP) is 2.30. The van der Waals surface area contributed by atoms with E-state index in [1.165, 1.54) is 37.8 Å². The van der Waals surface area contributed by atoms with Gasteiger partial charge in [0.05, 0.1) is 6.54 Å². The Morgan fingerprint density at radius 3 is 2.69 bits per heavy atom. The van der Waals surface area contributed by atoms with Gasteiger partial charge in [0.1, 0.15) is 5.82 Å². The first-order valence-corrected chi connectivity index (χ1v) is 6.39. The van der Waals surface area contributed by atoms with E-state index < -0.39 is 0 Å². The Morgan fingerprint density at radius 1 is 1.25 bits per heavy atom. The monoisotopic (exact) mass is 217 g/mol. The summed E-state index contributed by atoms with van der Waals surface area (Å²) in [6.45, 7) is 2.91. The summed E-state index contributed by atoms with van der Waals surface area (Å²) in [4.78, 5) is 9.18. The van der Waals surface area contributed by atoms with Gasteiger partial charge in [0.2, 0.25) is 0 Å². The fourth-order valence-corrected chi connectivity index (χ4v) is 2.17. The van der Waals surface area contributed by atoms with E-state index in [2.05, 4.69) is 28.3 Å². The summed E-state index contributed by atoms with van der Waals surface area (Å²) in [6.07, 6.45) is 6.63. The minimum absolute atomic E-state index is 0.710. The molecule has 1 aromatic heterocycles. The molecule has 0 atom stereocenters. The molecule has 0 aromatic carbocycles. The molecule has 3 rings (SSSR count). The molecule has 2 fully saturated rings. The maximum Gasteiger partial charge on any atom is 0.142 e. The van der Waals surface area contributed by atoms with E-state index in [-0.39, 0.29) is 0 Å². The molecule has 0 radical (unpaired) electrons. The first kappa shape index (κ1) is 10.2. The second kappa shape index (κ2) is 4.13. The number of rotatable bonds is 4. The van der Waals surface area contributed by atoms with Crippen LogP contribution in [0.2, 0.25) is 0 Å². The smallest absolute Gasteiger partial charge is 0.142 e. The molecular weight excluding hydrogens is 198 g/mol. The van der Waals surface area contributed by atoms with Gasteiger partial charge in [-0.15, -0.1) is 0 Å². The SMILES string of the molecule is Cc1cc(C2CCC2)nc(CNC2CC2)n1. The topological polar surface area (TPSA) is 37.8 Å². The molecular formula is C13H19N3. The van der Waals surface area contributed by atoms with Crippen molar-refractivity contribution >= 4 is 0 Å². The van der Waals surface area contributed by atoms with Gasteiger partial charge in [-0.1, -0.05) is 6.42 Å². The Hall–Kier alpha value is -0.960. The van der Waals surface area contributed by atoms with Crippen LogP contribution in [-0.2, 0) is 6.54 Å². The average molecular weight is 217 g/mol. The van der Waals surface area contributed by atoms with Crippen LogP contribution in [0.15, 0.2) is 6.07 Å². The largest absolute Gasteiger partial charge is 0.307 e. The van der Waals surface area contributed by atoms with Crippen LogP contribution in [0.3, 0.4) is 0 Å². The van der Waals surface area contributed by atoms with Crippen molar-refractivity contribution in [2.24, 2.45) is 0 Å². The molecule has 2 aliphatic rings. The standard InChI is InChI=1S/C13H19N3/c1-9-7-12(10-3-2-4-10)16-13(15-9)8-14-11-5-6-11/h7,10-11,14H,2-6,8H2,1H3. The van der Waals surface area contributed by atoms with Gasteiger partial charge in [0, 0.05) is 23.3 Å². The van der Waals surface area contributed by atoms with Crippen molar-refractivity contribution in [3.8, 4) is 0 Å². The summed E-state index contributed by atoms with van der Waals surface area (Å²) >= 11 is 0. The van der Waals surface area contributed by atoms with Crippen LogP contribution in [0.4, 0.5) is 0 Å². The van der Waals surface area contributed by atoms with Gasteiger partial charge < -0.3 is 5.32 Å². The Bertz CT molecular complexity index is 381. The quantitative estimate of drug-likeness (QED) is 0.841. The molecule has 3 heteroatoms. The number of aromatic nitrogens is 2. The molecule has 86 valence electrons. The van der Waals surface area contributed by atoms with Crippen LogP contribution in [-0.4, -0.2) is 16.0 Å². The number of hydrogen-bond acceptors (Lipinski definition) is 3. The highest BCUT2D eigenvalue weighted by Gasteiger charge is 2.23.